The summed E-state index contributed by atoms with van der Waals surface area (Å²) in [5.74, 6) is 0.294. The van der Waals surface area contributed by atoms with Crippen molar-refractivity contribution < 1.29 is 9.59 Å². The van der Waals surface area contributed by atoms with E-state index in [4.69, 9.17) is 0 Å². The molecule has 1 aromatic heterocycles. The number of benzene rings is 1. The molecular formula is C23H30N4O3. The molecule has 2 heterocycles. The molecule has 1 atom stereocenters. The normalized spacial score (nSPS) is 16.5. The molecule has 1 fully saturated rings. The van der Waals surface area contributed by atoms with Crippen LogP contribution < -0.4 is 16.2 Å². The number of hydrogen-bond donors (Lipinski definition) is 2. The second kappa shape index (κ2) is 9.69. The van der Waals surface area contributed by atoms with Gasteiger partial charge in [-0.25, -0.2) is 4.98 Å². The zero-order valence-corrected chi connectivity index (χ0v) is 17.8. The van der Waals surface area contributed by atoms with Gasteiger partial charge in [-0.05, 0) is 43.9 Å². The van der Waals surface area contributed by atoms with Gasteiger partial charge in [-0.2, -0.15) is 0 Å². The van der Waals surface area contributed by atoms with Crippen molar-refractivity contribution in [3.63, 3.8) is 0 Å². The van der Waals surface area contributed by atoms with Crippen molar-refractivity contribution in [2.24, 2.45) is 0 Å². The lowest BCUT2D eigenvalue weighted by atomic mass is 10.0. The number of nitrogens with one attached hydrogen (secondary N) is 2. The number of aromatic nitrogens is 2. The maximum atomic E-state index is 13.2. The van der Waals surface area contributed by atoms with E-state index in [0.717, 1.165) is 31.2 Å². The monoisotopic (exact) mass is 410 g/mol. The van der Waals surface area contributed by atoms with E-state index in [2.05, 4.69) is 29.1 Å². The summed E-state index contributed by atoms with van der Waals surface area (Å²) >= 11 is 0. The summed E-state index contributed by atoms with van der Waals surface area (Å²) in [6.07, 6.45) is 5.90. The molecule has 1 aliphatic rings. The van der Waals surface area contributed by atoms with Crippen molar-refractivity contribution in [3.8, 4) is 0 Å². The van der Waals surface area contributed by atoms with Crippen molar-refractivity contribution in [2.45, 2.75) is 71.4 Å². The second-order valence-corrected chi connectivity index (χ2v) is 7.92. The Kier molecular flexibility index (Phi) is 7.03. The Balaban J connectivity index is 1.78. The van der Waals surface area contributed by atoms with Crippen LogP contribution in [0.5, 0.6) is 0 Å². The maximum absolute atomic E-state index is 13.2. The zero-order chi connectivity index (χ0) is 21.7. The van der Waals surface area contributed by atoms with Crippen LogP contribution in [-0.4, -0.2) is 21.4 Å². The molecule has 160 valence electrons. The van der Waals surface area contributed by atoms with Gasteiger partial charge in [-0.15, -0.1) is 0 Å². The number of nitrogens with zero attached hydrogens (tertiary/aromatic N) is 2. The van der Waals surface area contributed by atoms with E-state index in [1.165, 1.54) is 4.57 Å². The first-order valence-electron chi connectivity index (χ1n) is 10.7. The molecule has 0 saturated carbocycles. The Hall–Kier alpha value is -2.96. The summed E-state index contributed by atoms with van der Waals surface area (Å²) in [6.45, 7) is 8.03. The fourth-order valence-corrected chi connectivity index (χ4v) is 3.84. The van der Waals surface area contributed by atoms with Gasteiger partial charge in [-0.1, -0.05) is 38.8 Å². The van der Waals surface area contributed by atoms with Gasteiger partial charge in [0.25, 0.3) is 5.56 Å². The van der Waals surface area contributed by atoms with E-state index in [9.17, 15) is 14.4 Å². The van der Waals surface area contributed by atoms with Crippen molar-refractivity contribution in [1.82, 2.24) is 20.2 Å². The minimum absolute atomic E-state index is 0.0183. The van der Waals surface area contributed by atoms with E-state index in [1.807, 2.05) is 6.07 Å². The second-order valence-electron chi connectivity index (χ2n) is 7.92. The first kappa shape index (κ1) is 21.7. The largest absolute Gasteiger partial charge is 0.352 e. The number of hydrogen-bond acceptors (Lipinski definition) is 4. The summed E-state index contributed by atoms with van der Waals surface area (Å²) in [5.41, 5.74) is 1.85. The SMILES string of the molecule is C=C1CCC(n2c(C)nc3ccc(CNC(=O)CCCCCC)cc3c2=O)C(=O)N1. The predicted molar refractivity (Wildman–Crippen MR) is 117 cm³/mol. The molecule has 1 unspecified atom stereocenters. The van der Waals surface area contributed by atoms with Gasteiger partial charge in [0.2, 0.25) is 11.8 Å². The number of amides is 2. The van der Waals surface area contributed by atoms with Crippen LogP contribution in [0.4, 0.5) is 0 Å². The molecule has 3 rings (SSSR count). The molecule has 1 aromatic carbocycles. The fourth-order valence-electron chi connectivity index (χ4n) is 3.84. The number of rotatable bonds is 8. The molecule has 0 aliphatic carbocycles. The maximum Gasteiger partial charge on any atom is 0.262 e. The number of carbonyl (C=O) groups is 2. The van der Waals surface area contributed by atoms with Crippen LogP contribution >= 0.6 is 0 Å². The van der Waals surface area contributed by atoms with Crippen molar-refractivity contribution >= 4 is 22.7 Å². The number of carbonyl (C=O) groups excluding carboxylic acids is 2. The van der Waals surface area contributed by atoms with Crippen LogP contribution in [0.15, 0.2) is 35.3 Å². The molecule has 0 radical (unpaired) electrons. The summed E-state index contributed by atoms with van der Waals surface area (Å²) in [7, 11) is 0. The zero-order valence-electron chi connectivity index (χ0n) is 17.8. The third-order valence-corrected chi connectivity index (χ3v) is 5.52. The highest BCUT2D eigenvalue weighted by Crippen LogP contribution is 2.22. The number of unbranched alkanes of at least 4 members (excludes halogenated alkanes) is 3. The number of piperidine rings is 1. The molecule has 0 bridgehead atoms. The molecule has 0 spiro atoms. The third-order valence-electron chi connectivity index (χ3n) is 5.52. The van der Waals surface area contributed by atoms with Crippen molar-refractivity contribution in [1.29, 1.82) is 0 Å². The number of allylic oxidation sites excluding steroid dienone is 1. The first-order chi connectivity index (χ1) is 14.4. The minimum Gasteiger partial charge on any atom is -0.352 e. The van der Waals surface area contributed by atoms with Crippen LogP contribution in [0.25, 0.3) is 10.9 Å². The molecule has 7 nitrogen and oxygen atoms in total. The van der Waals surface area contributed by atoms with Gasteiger partial charge in [-0.3, -0.25) is 19.0 Å². The van der Waals surface area contributed by atoms with E-state index >= 15 is 0 Å². The van der Waals surface area contributed by atoms with E-state index in [0.29, 0.717) is 48.2 Å². The van der Waals surface area contributed by atoms with Crippen LogP contribution in [0.2, 0.25) is 0 Å². The summed E-state index contributed by atoms with van der Waals surface area (Å²) < 4.78 is 1.47. The smallest absolute Gasteiger partial charge is 0.262 e. The topological polar surface area (TPSA) is 93.1 Å². The van der Waals surface area contributed by atoms with Crippen LogP contribution in [-0.2, 0) is 16.1 Å². The Morgan fingerprint density at radius 1 is 1.30 bits per heavy atom. The average molecular weight is 411 g/mol. The summed E-state index contributed by atoms with van der Waals surface area (Å²) in [6, 6.07) is 4.83. The molecular weight excluding hydrogens is 380 g/mol. The highest BCUT2D eigenvalue weighted by Gasteiger charge is 2.28. The molecule has 2 aromatic rings. The van der Waals surface area contributed by atoms with E-state index < -0.39 is 6.04 Å². The Morgan fingerprint density at radius 3 is 2.83 bits per heavy atom. The van der Waals surface area contributed by atoms with E-state index in [-0.39, 0.29) is 17.4 Å². The van der Waals surface area contributed by atoms with Crippen molar-refractivity contribution in [2.75, 3.05) is 0 Å². The molecule has 2 amide bonds. The quantitative estimate of drug-likeness (QED) is 0.653. The molecule has 2 N–H and O–H groups in total. The van der Waals surface area contributed by atoms with Gasteiger partial charge >= 0.3 is 0 Å². The summed E-state index contributed by atoms with van der Waals surface area (Å²) in [4.78, 5) is 42.2. The molecule has 1 saturated heterocycles. The fraction of sp³-hybridized carbons (Fsp3) is 0.478. The highest BCUT2D eigenvalue weighted by atomic mass is 16.2. The van der Waals surface area contributed by atoms with Gasteiger partial charge in [0.05, 0.1) is 10.9 Å². The lowest BCUT2D eigenvalue weighted by molar-refractivity contribution is -0.125. The lowest BCUT2D eigenvalue weighted by Crippen LogP contribution is -2.41. The number of aryl methyl sites for hydroxylation is 1. The highest BCUT2D eigenvalue weighted by molar-refractivity contribution is 5.84. The molecule has 7 heteroatoms. The van der Waals surface area contributed by atoms with E-state index in [1.54, 1.807) is 19.1 Å². The average Bonchev–Trinajstić information content (AvgIpc) is 2.71. The van der Waals surface area contributed by atoms with Gasteiger partial charge < -0.3 is 10.6 Å². The Morgan fingerprint density at radius 2 is 2.10 bits per heavy atom. The molecule has 30 heavy (non-hydrogen) atoms. The predicted octanol–water partition coefficient (Wildman–Crippen LogP) is 3.26. The summed E-state index contributed by atoms with van der Waals surface area (Å²) in [5, 5.41) is 6.10. The van der Waals surface area contributed by atoms with Gasteiger partial charge in [0.1, 0.15) is 11.9 Å². The minimum atomic E-state index is -0.591. The first-order valence-corrected chi connectivity index (χ1v) is 10.7. The third kappa shape index (κ3) is 4.96. The van der Waals surface area contributed by atoms with Gasteiger partial charge in [0.15, 0.2) is 0 Å². The Bertz CT molecular complexity index is 1030. The lowest BCUT2D eigenvalue weighted by Gasteiger charge is -2.26. The van der Waals surface area contributed by atoms with Gasteiger partial charge in [0, 0.05) is 18.7 Å². The van der Waals surface area contributed by atoms with Crippen LogP contribution in [0, 0.1) is 6.92 Å². The van der Waals surface area contributed by atoms with Crippen LogP contribution in [0.1, 0.15) is 69.3 Å². The standard InChI is InChI=1S/C23H30N4O3/c1-4-5-6-7-8-21(28)24-14-17-10-11-19-18(13-17)23(30)27(16(3)26-19)20-12-9-15(2)25-22(20)29/h10-11,13,20H,2,4-9,12,14H2,1,3H3,(H,24,28)(H,25,29). The van der Waals surface area contributed by atoms with Crippen molar-refractivity contribution in [3.05, 3.63) is 52.2 Å². The molecule has 1 aliphatic heterocycles. The Labute approximate surface area is 176 Å². The van der Waals surface area contributed by atoms with Crippen LogP contribution in [0.3, 0.4) is 0 Å². The number of fused-ring (bicyclic) bond motifs is 1.